The van der Waals surface area contributed by atoms with E-state index >= 15 is 0 Å². The van der Waals surface area contributed by atoms with E-state index < -0.39 is 5.91 Å². The highest BCUT2D eigenvalue weighted by Crippen LogP contribution is 2.26. The van der Waals surface area contributed by atoms with Crippen molar-refractivity contribution in [3.63, 3.8) is 0 Å². The highest BCUT2D eigenvalue weighted by atomic mass is 16.3. The van der Waals surface area contributed by atoms with Gasteiger partial charge in [-0.25, -0.2) is 0 Å². The molecule has 0 aromatic heterocycles. The molecule has 24 heavy (non-hydrogen) atoms. The topological polar surface area (TPSA) is 90.2 Å². The number of hydrogen-bond donors (Lipinski definition) is 2. The number of benzene rings is 3. The maximum absolute atomic E-state index is 12.4. The Hall–Kier alpha value is -3.34. The Morgan fingerprint density at radius 2 is 1.79 bits per heavy atom. The summed E-state index contributed by atoms with van der Waals surface area (Å²) in [6.07, 6.45) is 0. The molecule has 0 atom stereocenters. The molecule has 3 rings (SSSR count). The van der Waals surface area contributed by atoms with Crippen LogP contribution in [0, 0.1) is 6.92 Å². The minimum atomic E-state index is -0.969. The number of aryl methyl sites for hydroxylation is 1. The van der Waals surface area contributed by atoms with E-state index in [1.54, 1.807) is 24.3 Å². The number of phenolic OH excluding ortho intramolecular Hbond substituents is 1. The summed E-state index contributed by atoms with van der Waals surface area (Å²) in [5, 5.41) is 13.9. The third-order valence-corrected chi connectivity index (χ3v) is 3.74. The molecule has 0 saturated heterocycles. The zero-order valence-electron chi connectivity index (χ0n) is 13.0. The van der Waals surface area contributed by atoms with Crippen molar-refractivity contribution in [3.05, 3.63) is 71.3 Å². The Kier molecular flexibility index (Phi) is 3.92. The van der Waals surface area contributed by atoms with Gasteiger partial charge in [0.25, 0.3) is 11.8 Å². The number of amides is 2. The maximum atomic E-state index is 12.4. The molecule has 0 unspecified atom stereocenters. The van der Waals surface area contributed by atoms with Gasteiger partial charge in [0.15, 0.2) is 0 Å². The molecule has 119 valence electrons. The van der Waals surface area contributed by atoms with Gasteiger partial charge in [0.1, 0.15) is 5.75 Å². The molecule has 0 aliphatic rings. The number of phenols is 1. The lowest BCUT2D eigenvalue weighted by Crippen LogP contribution is -2.11. The highest BCUT2D eigenvalue weighted by molar-refractivity contribution is 6.07. The summed E-state index contributed by atoms with van der Waals surface area (Å²) in [4.78, 5) is 23.6. The van der Waals surface area contributed by atoms with Crippen molar-refractivity contribution in [2.24, 2.45) is 0 Å². The van der Waals surface area contributed by atoms with Crippen molar-refractivity contribution in [2.45, 2.75) is 6.92 Å². The second-order valence-corrected chi connectivity index (χ2v) is 5.58. The first-order valence-electron chi connectivity index (χ1n) is 7.35. The fourth-order valence-electron chi connectivity index (χ4n) is 2.53. The normalized spacial score (nSPS) is 10.5. The highest BCUT2D eigenvalue weighted by Gasteiger charge is 2.12. The molecular formula is C19H15N2O3. The summed E-state index contributed by atoms with van der Waals surface area (Å²) >= 11 is 0. The number of fused-ring (bicyclic) bond motifs is 1. The van der Waals surface area contributed by atoms with Crippen molar-refractivity contribution < 1.29 is 14.7 Å². The average Bonchev–Trinajstić information content (AvgIpc) is 2.53. The second-order valence-electron chi connectivity index (χ2n) is 5.58. The van der Waals surface area contributed by atoms with Crippen molar-refractivity contribution in [3.8, 4) is 5.75 Å². The Morgan fingerprint density at radius 1 is 1.00 bits per heavy atom. The molecule has 3 N–H and O–H groups in total. The van der Waals surface area contributed by atoms with Crippen LogP contribution in [0.2, 0.25) is 0 Å². The van der Waals surface area contributed by atoms with Crippen LogP contribution in [0.25, 0.3) is 10.8 Å². The summed E-state index contributed by atoms with van der Waals surface area (Å²) in [5.41, 5.74) is 9.25. The molecule has 0 saturated carbocycles. The summed E-state index contributed by atoms with van der Waals surface area (Å²) in [6.45, 7) is 1.94. The van der Waals surface area contributed by atoms with Gasteiger partial charge in [-0.1, -0.05) is 18.2 Å². The standard InChI is InChI=1S/C19H15N2O3/c1-11-3-2-4-15(7-11)21-19(24)13-6-5-12-10-17(22)16(18(20)23)9-14(12)8-13/h2-10,20,22H,1H3,(H,21,24). The summed E-state index contributed by atoms with van der Waals surface area (Å²) in [6, 6.07) is 15.3. The zero-order chi connectivity index (χ0) is 17.3. The number of rotatable bonds is 3. The Bertz CT molecular complexity index is 964. The number of carbonyl (C=O) groups is 2. The Balaban J connectivity index is 1.96. The largest absolute Gasteiger partial charge is 0.507 e. The molecule has 0 aliphatic carbocycles. The molecule has 0 spiro atoms. The lowest BCUT2D eigenvalue weighted by molar-refractivity contribution is 0.0988. The van der Waals surface area contributed by atoms with E-state index in [-0.39, 0.29) is 17.2 Å². The molecule has 5 heteroatoms. The predicted molar refractivity (Wildman–Crippen MR) is 92.2 cm³/mol. The molecular weight excluding hydrogens is 304 g/mol. The van der Waals surface area contributed by atoms with E-state index in [0.29, 0.717) is 22.0 Å². The fraction of sp³-hybridized carbons (Fsp3) is 0.0526. The van der Waals surface area contributed by atoms with Gasteiger partial charge < -0.3 is 10.4 Å². The van der Waals surface area contributed by atoms with Crippen molar-refractivity contribution in [1.82, 2.24) is 5.73 Å². The second kappa shape index (κ2) is 6.04. The molecule has 0 bridgehead atoms. The number of anilines is 1. The van der Waals surface area contributed by atoms with E-state index in [4.69, 9.17) is 5.73 Å². The monoisotopic (exact) mass is 319 g/mol. The fourth-order valence-corrected chi connectivity index (χ4v) is 2.53. The summed E-state index contributed by atoms with van der Waals surface area (Å²) in [7, 11) is 0. The molecule has 0 heterocycles. The molecule has 0 aliphatic heterocycles. The van der Waals surface area contributed by atoms with Crippen LogP contribution in [0.3, 0.4) is 0 Å². The number of aromatic hydroxyl groups is 1. The first kappa shape index (κ1) is 15.6. The lowest BCUT2D eigenvalue weighted by Gasteiger charge is -2.08. The van der Waals surface area contributed by atoms with E-state index in [9.17, 15) is 14.7 Å². The molecule has 1 radical (unpaired) electrons. The maximum Gasteiger partial charge on any atom is 0.273 e. The SMILES string of the molecule is Cc1cccc(NC(=O)c2ccc3cc(O)c(C([NH])=O)cc3c2)c1. The van der Waals surface area contributed by atoms with E-state index in [2.05, 4.69) is 5.32 Å². The van der Waals surface area contributed by atoms with Crippen LogP contribution in [-0.4, -0.2) is 16.9 Å². The minimum absolute atomic E-state index is 0.0845. The van der Waals surface area contributed by atoms with Gasteiger partial charge in [0, 0.05) is 11.3 Å². The van der Waals surface area contributed by atoms with Crippen LogP contribution >= 0.6 is 0 Å². The molecule has 3 aromatic rings. The third-order valence-electron chi connectivity index (χ3n) is 3.74. The van der Waals surface area contributed by atoms with E-state index in [1.807, 2.05) is 25.1 Å². The summed E-state index contributed by atoms with van der Waals surface area (Å²) in [5.74, 6) is -1.47. The average molecular weight is 319 g/mol. The number of nitrogens with one attached hydrogen (secondary N) is 2. The van der Waals surface area contributed by atoms with Gasteiger partial charge in [0.2, 0.25) is 0 Å². The summed E-state index contributed by atoms with van der Waals surface area (Å²) < 4.78 is 0. The third kappa shape index (κ3) is 3.05. The van der Waals surface area contributed by atoms with Crippen LogP contribution in [0.5, 0.6) is 5.75 Å². The minimum Gasteiger partial charge on any atom is -0.507 e. The van der Waals surface area contributed by atoms with Gasteiger partial charge >= 0.3 is 0 Å². The molecule has 2 amide bonds. The van der Waals surface area contributed by atoms with Gasteiger partial charge in [-0.2, -0.15) is 0 Å². The number of carbonyl (C=O) groups excluding carboxylic acids is 2. The van der Waals surface area contributed by atoms with E-state index in [0.717, 1.165) is 5.56 Å². The van der Waals surface area contributed by atoms with Gasteiger partial charge in [-0.3, -0.25) is 15.3 Å². The van der Waals surface area contributed by atoms with Crippen LogP contribution < -0.4 is 11.1 Å². The molecule has 0 fully saturated rings. The van der Waals surface area contributed by atoms with Crippen LogP contribution in [-0.2, 0) is 0 Å². The van der Waals surface area contributed by atoms with Gasteiger partial charge in [-0.15, -0.1) is 0 Å². The Morgan fingerprint density at radius 3 is 2.50 bits per heavy atom. The smallest absolute Gasteiger partial charge is 0.273 e. The van der Waals surface area contributed by atoms with Crippen molar-refractivity contribution >= 4 is 28.3 Å². The van der Waals surface area contributed by atoms with Crippen LogP contribution in [0.1, 0.15) is 26.3 Å². The quantitative estimate of drug-likeness (QED) is 0.773. The first-order valence-corrected chi connectivity index (χ1v) is 7.35. The van der Waals surface area contributed by atoms with Crippen LogP contribution in [0.15, 0.2) is 54.6 Å². The number of hydrogen-bond acceptors (Lipinski definition) is 3. The van der Waals surface area contributed by atoms with Gasteiger partial charge in [0.05, 0.1) is 5.56 Å². The van der Waals surface area contributed by atoms with Crippen LogP contribution in [0.4, 0.5) is 5.69 Å². The van der Waals surface area contributed by atoms with E-state index in [1.165, 1.54) is 12.1 Å². The molecule has 3 aromatic carbocycles. The Labute approximate surface area is 138 Å². The zero-order valence-corrected chi connectivity index (χ0v) is 13.0. The predicted octanol–water partition coefficient (Wildman–Crippen LogP) is 3.53. The van der Waals surface area contributed by atoms with Gasteiger partial charge in [-0.05, 0) is 59.7 Å². The first-order chi connectivity index (χ1) is 11.4. The lowest BCUT2D eigenvalue weighted by atomic mass is 10.0. The van der Waals surface area contributed by atoms with Crippen molar-refractivity contribution in [1.29, 1.82) is 0 Å². The molecule has 5 nitrogen and oxygen atoms in total. The van der Waals surface area contributed by atoms with Crippen molar-refractivity contribution in [2.75, 3.05) is 5.32 Å².